The van der Waals surface area contributed by atoms with E-state index in [1.165, 1.54) is 0 Å². The monoisotopic (exact) mass is 304 g/mol. The van der Waals surface area contributed by atoms with Gasteiger partial charge in [0.15, 0.2) is 5.65 Å². The van der Waals surface area contributed by atoms with Crippen molar-refractivity contribution in [3.05, 3.63) is 11.5 Å². The van der Waals surface area contributed by atoms with Crippen molar-refractivity contribution in [2.24, 2.45) is 0 Å². The largest absolute Gasteiger partial charge is 0.376 e. The second-order valence-electron chi connectivity index (χ2n) is 7.12. The molecule has 1 saturated heterocycles. The molecule has 0 saturated carbocycles. The number of nitrogens with one attached hydrogen (secondary N) is 1. The van der Waals surface area contributed by atoms with Crippen LogP contribution < -0.4 is 0 Å². The summed E-state index contributed by atoms with van der Waals surface area (Å²) in [6, 6.07) is 0.429. The lowest BCUT2D eigenvalue weighted by Crippen LogP contribution is -2.33. The lowest BCUT2D eigenvalue weighted by Gasteiger charge is -2.34. The maximum atomic E-state index is 5.83. The van der Waals surface area contributed by atoms with E-state index in [0.29, 0.717) is 12.0 Å². The number of aromatic amines is 1. The molecular weight excluding hydrogens is 276 g/mol. The van der Waals surface area contributed by atoms with Gasteiger partial charge in [-0.15, -0.1) is 0 Å². The number of imidazole rings is 1. The van der Waals surface area contributed by atoms with Gasteiger partial charge in [0, 0.05) is 12.5 Å². The molecule has 5 nitrogen and oxygen atoms in total. The molecule has 1 atom stereocenters. The van der Waals surface area contributed by atoms with E-state index in [-0.39, 0.29) is 5.60 Å². The lowest BCUT2D eigenvalue weighted by molar-refractivity contribution is -0.0602. The Morgan fingerprint density at radius 2 is 2.09 bits per heavy atom. The van der Waals surface area contributed by atoms with Gasteiger partial charge >= 0.3 is 0 Å². The first-order chi connectivity index (χ1) is 10.4. The molecule has 5 heteroatoms. The molecule has 1 fully saturated rings. The van der Waals surface area contributed by atoms with Gasteiger partial charge in [0.2, 0.25) is 0 Å². The minimum absolute atomic E-state index is 0.0572. The minimum Gasteiger partial charge on any atom is -0.376 e. The smallest absolute Gasteiger partial charge is 0.176 e. The van der Waals surface area contributed by atoms with E-state index in [9.17, 15) is 0 Å². The summed E-state index contributed by atoms with van der Waals surface area (Å²) in [6.07, 6.45) is 4.22. The van der Waals surface area contributed by atoms with E-state index in [0.717, 1.165) is 55.0 Å². The molecule has 0 radical (unpaired) electrons. The van der Waals surface area contributed by atoms with E-state index in [1.807, 2.05) is 0 Å². The predicted molar refractivity (Wildman–Crippen MR) is 88.2 cm³/mol. The van der Waals surface area contributed by atoms with E-state index in [1.54, 1.807) is 0 Å². The molecule has 0 unspecified atom stereocenters. The molecule has 0 bridgehead atoms. The Balaban J connectivity index is 1.98. The van der Waals surface area contributed by atoms with Crippen LogP contribution in [0.5, 0.6) is 0 Å². The van der Waals surface area contributed by atoms with Gasteiger partial charge in [-0.3, -0.25) is 0 Å². The van der Waals surface area contributed by atoms with Gasteiger partial charge in [-0.2, -0.15) is 5.10 Å². The molecule has 22 heavy (non-hydrogen) atoms. The zero-order valence-corrected chi connectivity index (χ0v) is 14.4. The van der Waals surface area contributed by atoms with Gasteiger partial charge in [0.1, 0.15) is 11.3 Å². The fourth-order valence-corrected chi connectivity index (χ4v) is 3.61. The van der Waals surface area contributed by atoms with Crippen molar-refractivity contribution >= 4 is 11.2 Å². The third-order valence-electron chi connectivity index (χ3n) is 4.91. The highest BCUT2D eigenvalue weighted by atomic mass is 16.5. The van der Waals surface area contributed by atoms with E-state index in [2.05, 4.69) is 44.3 Å². The fraction of sp³-hybridized carbons (Fsp3) is 0.765. The summed E-state index contributed by atoms with van der Waals surface area (Å²) in [5, 5.41) is 4.70. The molecular formula is C17H28N4O. The second-order valence-corrected chi connectivity index (χ2v) is 7.12. The number of ether oxygens (including phenoxy) is 1. The average molecular weight is 304 g/mol. The van der Waals surface area contributed by atoms with Crippen LogP contribution in [0.2, 0.25) is 0 Å². The van der Waals surface area contributed by atoms with Crippen molar-refractivity contribution in [3.8, 4) is 0 Å². The van der Waals surface area contributed by atoms with Crippen molar-refractivity contribution in [1.29, 1.82) is 0 Å². The Morgan fingerprint density at radius 1 is 1.36 bits per heavy atom. The van der Waals surface area contributed by atoms with Crippen LogP contribution in [0.3, 0.4) is 0 Å². The standard InChI is InChI=1S/C17H28N4O/c1-6-13(7-2)21-16-14(11(3)20-21)18-15(19-16)12-8-9-22-17(4,5)10-12/h12-13H,6-10H2,1-5H3,(H,18,19)/t12-/m1/s1. The Kier molecular flexibility index (Phi) is 4.02. The number of hydrogen-bond donors (Lipinski definition) is 1. The summed E-state index contributed by atoms with van der Waals surface area (Å²) >= 11 is 0. The topological polar surface area (TPSA) is 55.7 Å². The van der Waals surface area contributed by atoms with Crippen LogP contribution in [0, 0.1) is 6.92 Å². The molecule has 3 rings (SSSR count). The lowest BCUT2D eigenvalue weighted by atomic mass is 9.88. The second kappa shape index (κ2) is 5.69. The van der Waals surface area contributed by atoms with Crippen LogP contribution in [0.15, 0.2) is 0 Å². The summed E-state index contributed by atoms with van der Waals surface area (Å²) in [5.41, 5.74) is 3.11. The van der Waals surface area contributed by atoms with Gasteiger partial charge < -0.3 is 9.72 Å². The molecule has 1 N–H and O–H groups in total. The molecule has 0 amide bonds. The molecule has 0 spiro atoms. The summed E-state index contributed by atoms with van der Waals surface area (Å²) in [6.45, 7) is 11.6. The zero-order valence-electron chi connectivity index (χ0n) is 14.4. The third kappa shape index (κ3) is 2.67. The predicted octanol–water partition coefficient (Wildman–Crippen LogP) is 4.10. The van der Waals surface area contributed by atoms with Gasteiger partial charge in [0.05, 0.1) is 17.3 Å². The van der Waals surface area contributed by atoms with E-state index >= 15 is 0 Å². The van der Waals surface area contributed by atoms with Crippen molar-refractivity contribution in [2.45, 2.75) is 77.9 Å². The van der Waals surface area contributed by atoms with Crippen molar-refractivity contribution in [1.82, 2.24) is 19.7 Å². The molecule has 2 aromatic rings. The molecule has 2 aromatic heterocycles. The summed E-state index contributed by atoms with van der Waals surface area (Å²) in [5.74, 6) is 1.55. The number of rotatable bonds is 4. The normalized spacial score (nSPS) is 21.8. The summed E-state index contributed by atoms with van der Waals surface area (Å²) < 4.78 is 7.95. The molecule has 0 aliphatic carbocycles. The highest BCUT2D eigenvalue weighted by molar-refractivity contribution is 5.74. The minimum atomic E-state index is -0.0572. The third-order valence-corrected chi connectivity index (χ3v) is 4.91. The van der Waals surface area contributed by atoms with Crippen LogP contribution in [0.4, 0.5) is 0 Å². The fourth-order valence-electron chi connectivity index (χ4n) is 3.61. The van der Waals surface area contributed by atoms with Gasteiger partial charge in [-0.25, -0.2) is 9.67 Å². The maximum absolute atomic E-state index is 5.83. The Labute approximate surface area is 132 Å². The number of aromatic nitrogens is 4. The number of H-pyrrole nitrogens is 1. The van der Waals surface area contributed by atoms with Crippen molar-refractivity contribution < 1.29 is 4.74 Å². The number of aryl methyl sites for hydroxylation is 1. The molecule has 0 aromatic carbocycles. The van der Waals surface area contributed by atoms with Crippen LogP contribution in [0.1, 0.15) is 76.9 Å². The Morgan fingerprint density at radius 3 is 2.73 bits per heavy atom. The van der Waals surface area contributed by atoms with Gasteiger partial charge in [-0.05, 0) is 46.5 Å². The zero-order chi connectivity index (χ0) is 15.9. The van der Waals surface area contributed by atoms with E-state index in [4.69, 9.17) is 14.8 Å². The van der Waals surface area contributed by atoms with Crippen molar-refractivity contribution in [3.63, 3.8) is 0 Å². The van der Waals surface area contributed by atoms with Crippen LogP contribution in [0.25, 0.3) is 11.2 Å². The van der Waals surface area contributed by atoms with Crippen LogP contribution >= 0.6 is 0 Å². The first-order valence-corrected chi connectivity index (χ1v) is 8.53. The van der Waals surface area contributed by atoms with Crippen LogP contribution in [-0.4, -0.2) is 32.0 Å². The Hall–Kier alpha value is -1.36. The number of nitrogens with zero attached hydrogens (tertiary/aromatic N) is 3. The number of hydrogen-bond acceptors (Lipinski definition) is 3. The Bertz CT molecular complexity index is 651. The van der Waals surface area contributed by atoms with Crippen LogP contribution in [-0.2, 0) is 4.74 Å². The van der Waals surface area contributed by atoms with Gasteiger partial charge in [0.25, 0.3) is 0 Å². The van der Waals surface area contributed by atoms with E-state index < -0.39 is 0 Å². The maximum Gasteiger partial charge on any atom is 0.176 e. The van der Waals surface area contributed by atoms with Crippen molar-refractivity contribution in [2.75, 3.05) is 6.61 Å². The average Bonchev–Trinajstić information content (AvgIpc) is 3.01. The SMILES string of the molecule is CCC(CC)n1nc(C)c2[nH]c([C@@H]3CCOC(C)(C)C3)nc21. The molecule has 1 aliphatic heterocycles. The molecule has 122 valence electrons. The molecule has 3 heterocycles. The summed E-state index contributed by atoms with van der Waals surface area (Å²) in [7, 11) is 0. The highest BCUT2D eigenvalue weighted by Crippen LogP contribution is 2.35. The first kappa shape index (κ1) is 15.5. The summed E-state index contributed by atoms with van der Waals surface area (Å²) in [4.78, 5) is 8.47. The quantitative estimate of drug-likeness (QED) is 0.925. The highest BCUT2D eigenvalue weighted by Gasteiger charge is 2.32. The molecule has 1 aliphatic rings. The number of fused-ring (bicyclic) bond motifs is 1. The first-order valence-electron chi connectivity index (χ1n) is 8.53. The van der Waals surface area contributed by atoms with Gasteiger partial charge in [-0.1, -0.05) is 13.8 Å².